The van der Waals surface area contributed by atoms with E-state index in [9.17, 15) is 9.18 Å². The lowest BCUT2D eigenvalue weighted by atomic mass is 10.1. The number of nitrogens with zero attached hydrogens (tertiary/aromatic N) is 4. The number of hydrogen-bond acceptors (Lipinski definition) is 4. The van der Waals surface area contributed by atoms with Crippen LogP contribution in [0.3, 0.4) is 0 Å². The summed E-state index contributed by atoms with van der Waals surface area (Å²) in [5.74, 6) is 0.509. The third-order valence-corrected chi connectivity index (χ3v) is 5.42. The molecule has 5 aromatic rings. The molecule has 0 radical (unpaired) electrons. The molecule has 0 amide bonds. The van der Waals surface area contributed by atoms with Gasteiger partial charge in [0.25, 0.3) is 5.56 Å². The van der Waals surface area contributed by atoms with Crippen molar-refractivity contribution in [3.8, 4) is 16.9 Å². The van der Waals surface area contributed by atoms with Crippen molar-refractivity contribution in [2.45, 2.75) is 13.0 Å². The standard InChI is InChI=1S/C24H19FN4O2/c1-31-19-8-2-16(3-9-19)10-12-28-13-11-22-21(24(28)30)14-26-23-20(15-27-29(22)23)17-4-6-18(25)7-5-17/h2-9,11,13-15H,10,12H2,1H3. The van der Waals surface area contributed by atoms with Crippen LogP contribution in [0.1, 0.15) is 5.56 Å². The Morgan fingerprint density at radius 1 is 1.00 bits per heavy atom. The van der Waals surface area contributed by atoms with Gasteiger partial charge in [0.2, 0.25) is 0 Å². The van der Waals surface area contributed by atoms with E-state index >= 15 is 0 Å². The van der Waals surface area contributed by atoms with Crippen LogP contribution >= 0.6 is 0 Å². The highest BCUT2D eigenvalue weighted by Gasteiger charge is 2.13. The van der Waals surface area contributed by atoms with E-state index in [-0.39, 0.29) is 11.4 Å². The Morgan fingerprint density at radius 2 is 1.77 bits per heavy atom. The molecule has 0 fully saturated rings. The molecule has 0 aliphatic heterocycles. The Kier molecular flexibility index (Phi) is 4.71. The second kappa shape index (κ2) is 7.68. The van der Waals surface area contributed by atoms with Crippen LogP contribution in [-0.4, -0.2) is 26.3 Å². The van der Waals surface area contributed by atoms with Crippen molar-refractivity contribution in [2.24, 2.45) is 0 Å². The van der Waals surface area contributed by atoms with Crippen LogP contribution in [0.4, 0.5) is 4.39 Å². The average molecular weight is 414 g/mol. The first-order chi connectivity index (χ1) is 15.1. The molecule has 0 bridgehead atoms. The normalized spacial score (nSPS) is 11.3. The molecule has 0 aliphatic carbocycles. The van der Waals surface area contributed by atoms with E-state index in [4.69, 9.17) is 4.74 Å². The van der Waals surface area contributed by atoms with Crippen LogP contribution in [0, 0.1) is 5.82 Å². The largest absolute Gasteiger partial charge is 0.497 e. The third kappa shape index (κ3) is 3.44. The molecule has 0 spiro atoms. The van der Waals surface area contributed by atoms with Crippen molar-refractivity contribution in [3.05, 3.63) is 94.9 Å². The van der Waals surface area contributed by atoms with Gasteiger partial charge < -0.3 is 9.30 Å². The molecule has 31 heavy (non-hydrogen) atoms. The second-order valence-electron chi connectivity index (χ2n) is 7.27. The molecule has 5 rings (SSSR count). The SMILES string of the molecule is COc1ccc(CCn2ccc3c(cnc4c(-c5ccc(F)cc5)cnn43)c2=O)cc1. The summed E-state index contributed by atoms with van der Waals surface area (Å²) >= 11 is 0. The Hall–Kier alpha value is -4.00. The Labute approximate surface area is 177 Å². The molecule has 7 heteroatoms. The Bertz CT molecular complexity index is 1440. The summed E-state index contributed by atoms with van der Waals surface area (Å²) in [6.07, 6.45) is 5.78. The summed E-state index contributed by atoms with van der Waals surface area (Å²) in [4.78, 5) is 17.5. The number of hydrogen-bond donors (Lipinski definition) is 0. The lowest BCUT2D eigenvalue weighted by molar-refractivity contribution is 0.414. The van der Waals surface area contributed by atoms with E-state index in [1.165, 1.54) is 12.1 Å². The zero-order valence-corrected chi connectivity index (χ0v) is 16.8. The van der Waals surface area contributed by atoms with Gasteiger partial charge in [-0.1, -0.05) is 24.3 Å². The van der Waals surface area contributed by atoms with Crippen LogP contribution in [0.5, 0.6) is 5.75 Å². The fourth-order valence-corrected chi connectivity index (χ4v) is 3.71. The molecule has 0 unspecified atom stereocenters. The maximum absolute atomic E-state index is 13.3. The predicted molar refractivity (Wildman–Crippen MR) is 117 cm³/mol. The van der Waals surface area contributed by atoms with Gasteiger partial charge >= 0.3 is 0 Å². The van der Waals surface area contributed by atoms with E-state index in [0.717, 1.165) is 28.9 Å². The second-order valence-corrected chi connectivity index (χ2v) is 7.27. The molecule has 0 aliphatic rings. The van der Waals surface area contributed by atoms with E-state index in [1.807, 2.05) is 30.3 Å². The van der Waals surface area contributed by atoms with E-state index in [1.54, 1.807) is 46.9 Å². The highest BCUT2D eigenvalue weighted by molar-refractivity contribution is 5.84. The molecule has 3 aromatic heterocycles. The zero-order valence-electron chi connectivity index (χ0n) is 16.8. The Balaban J connectivity index is 1.49. The van der Waals surface area contributed by atoms with E-state index in [0.29, 0.717) is 23.1 Å². The van der Waals surface area contributed by atoms with E-state index in [2.05, 4.69) is 10.1 Å². The minimum Gasteiger partial charge on any atom is -0.497 e. The topological polar surface area (TPSA) is 61.4 Å². The van der Waals surface area contributed by atoms with Crippen molar-refractivity contribution >= 4 is 16.6 Å². The van der Waals surface area contributed by atoms with Crippen LogP contribution < -0.4 is 10.3 Å². The molecule has 154 valence electrons. The summed E-state index contributed by atoms with van der Waals surface area (Å²) in [7, 11) is 1.64. The highest BCUT2D eigenvalue weighted by Crippen LogP contribution is 2.25. The van der Waals surface area contributed by atoms with Crippen LogP contribution in [0.2, 0.25) is 0 Å². The first-order valence-electron chi connectivity index (χ1n) is 9.89. The molecule has 0 saturated heterocycles. The third-order valence-electron chi connectivity index (χ3n) is 5.42. The minimum absolute atomic E-state index is 0.112. The monoisotopic (exact) mass is 414 g/mol. The maximum Gasteiger partial charge on any atom is 0.261 e. The lowest BCUT2D eigenvalue weighted by Crippen LogP contribution is -2.21. The van der Waals surface area contributed by atoms with Gasteiger partial charge in [0, 0.05) is 24.5 Å². The predicted octanol–water partition coefficient (Wildman–Crippen LogP) is 4.10. The lowest BCUT2D eigenvalue weighted by Gasteiger charge is -2.09. The number of fused-ring (bicyclic) bond motifs is 3. The number of pyridine rings is 1. The molecular formula is C24H19FN4O2. The summed E-state index contributed by atoms with van der Waals surface area (Å²) < 4.78 is 21.8. The van der Waals surface area contributed by atoms with Gasteiger partial charge in [-0.3, -0.25) is 4.79 Å². The number of aromatic nitrogens is 4. The molecular weight excluding hydrogens is 395 g/mol. The van der Waals surface area contributed by atoms with Crippen LogP contribution in [-0.2, 0) is 13.0 Å². The summed E-state index contributed by atoms with van der Waals surface area (Å²) in [5.41, 5.74) is 3.91. The van der Waals surface area contributed by atoms with Crippen molar-refractivity contribution < 1.29 is 9.13 Å². The maximum atomic E-state index is 13.3. The van der Waals surface area contributed by atoms with Gasteiger partial charge in [-0.25, -0.2) is 13.9 Å². The first-order valence-corrected chi connectivity index (χ1v) is 9.89. The van der Waals surface area contributed by atoms with Gasteiger partial charge in [-0.05, 0) is 47.9 Å². The number of rotatable bonds is 5. The highest BCUT2D eigenvalue weighted by atomic mass is 19.1. The van der Waals surface area contributed by atoms with Gasteiger partial charge in [-0.15, -0.1) is 0 Å². The quantitative estimate of drug-likeness (QED) is 0.434. The van der Waals surface area contributed by atoms with E-state index < -0.39 is 0 Å². The first kappa shape index (κ1) is 19.0. The Morgan fingerprint density at radius 3 is 2.52 bits per heavy atom. The van der Waals surface area contributed by atoms with Gasteiger partial charge in [0.1, 0.15) is 11.6 Å². The minimum atomic E-state index is -0.297. The van der Waals surface area contributed by atoms with Crippen molar-refractivity contribution in [2.75, 3.05) is 7.11 Å². The summed E-state index contributed by atoms with van der Waals surface area (Å²) in [6, 6.07) is 15.9. The van der Waals surface area contributed by atoms with Gasteiger partial charge in [0.15, 0.2) is 5.65 Å². The smallest absolute Gasteiger partial charge is 0.261 e. The molecule has 0 saturated carbocycles. The summed E-state index contributed by atoms with van der Waals surface area (Å²) in [6.45, 7) is 0.555. The molecule has 2 aromatic carbocycles. The molecule has 0 N–H and O–H groups in total. The van der Waals surface area contributed by atoms with Crippen molar-refractivity contribution in [1.82, 2.24) is 19.2 Å². The van der Waals surface area contributed by atoms with Crippen LogP contribution in [0.25, 0.3) is 27.7 Å². The average Bonchev–Trinajstić information content (AvgIpc) is 3.24. The fraction of sp³-hybridized carbons (Fsp3) is 0.125. The van der Waals surface area contributed by atoms with Gasteiger partial charge in [-0.2, -0.15) is 5.10 Å². The molecule has 6 nitrogen and oxygen atoms in total. The molecule has 0 atom stereocenters. The van der Waals surface area contributed by atoms with Crippen molar-refractivity contribution in [1.29, 1.82) is 0 Å². The van der Waals surface area contributed by atoms with Gasteiger partial charge in [0.05, 0.1) is 24.2 Å². The number of ether oxygens (including phenoxy) is 1. The number of benzene rings is 2. The van der Waals surface area contributed by atoms with Crippen molar-refractivity contribution in [3.63, 3.8) is 0 Å². The molecule has 3 heterocycles. The number of aryl methyl sites for hydroxylation is 2. The van der Waals surface area contributed by atoms with Crippen LogP contribution in [0.15, 0.2) is 78.0 Å². The summed E-state index contributed by atoms with van der Waals surface area (Å²) in [5, 5.41) is 4.93. The zero-order chi connectivity index (χ0) is 21.4. The number of halogens is 1. The fourth-order valence-electron chi connectivity index (χ4n) is 3.71. The number of methoxy groups -OCH3 is 1.